The van der Waals surface area contributed by atoms with Crippen molar-refractivity contribution in [2.75, 3.05) is 16.9 Å². The Hall–Kier alpha value is -5.70. The molecule has 4 aromatic carbocycles. The summed E-state index contributed by atoms with van der Waals surface area (Å²) in [6.45, 7) is 4.09. The first-order chi connectivity index (χ1) is 24.2. The number of hydrogen-bond donors (Lipinski definition) is 2. The van der Waals surface area contributed by atoms with Crippen LogP contribution >= 0.6 is 0 Å². The van der Waals surface area contributed by atoms with E-state index in [1.807, 2.05) is 80.6 Å². The quantitative estimate of drug-likeness (QED) is 0.176. The molecule has 50 heavy (non-hydrogen) atoms. The number of allylic oxidation sites excluding steroid dienone is 2. The Bertz CT molecular complexity index is 2050. The maximum Gasteiger partial charge on any atom is 0.260 e. The smallest absolute Gasteiger partial charge is 0.260 e. The monoisotopic (exact) mass is 667 g/mol. The van der Waals surface area contributed by atoms with Crippen LogP contribution in [-0.4, -0.2) is 40.4 Å². The fourth-order valence-corrected chi connectivity index (χ4v) is 8.94. The lowest BCUT2D eigenvalue weighted by molar-refractivity contribution is -0.138. The molecule has 9 heteroatoms. The minimum atomic E-state index is -1.41. The van der Waals surface area contributed by atoms with E-state index in [2.05, 4.69) is 5.43 Å². The Morgan fingerprint density at radius 3 is 2.24 bits per heavy atom. The molecule has 1 saturated carbocycles. The van der Waals surface area contributed by atoms with Crippen molar-refractivity contribution >= 4 is 35.0 Å². The van der Waals surface area contributed by atoms with Crippen LogP contribution in [0.1, 0.15) is 42.4 Å². The Morgan fingerprint density at radius 1 is 0.840 bits per heavy atom. The zero-order chi connectivity index (χ0) is 34.7. The van der Waals surface area contributed by atoms with E-state index in [1.54, 1.807) is 42.5 Å². The number of amides is 4. The van der Waals surface area contributed by atoms with Crippen LogP contribution in [0.5, 0.6) is 11.5 Å². The average Bonchev–Trinajstić information content (AvgIpc) is 3.51. The van der Waals surface area contributed by atoms with Crippen molar-refractivity contribution in [1.29, 1.82) is 0 Å². The van der Waals surface area contributed by atoms with E-state index in [0.29, 0.717) is 35.5 Å². The summed E-state index contributed by atoms with van der Waals surface area (Å²) in [7, 11) is 0. The van der Waals surface area contributed by atoms with Gasteiger partial charge in [-0.3, -0.25) is 29.5 Å². The van der Waals surface area contributed by atoms with Gasteiger partial charge in [-0.1, -0.05) is 83.9 Å². The number of carbonyl (C=O) groups is 4. The van der Waals surface area contributed by atoms with Crippen molar-refractivity contribution in [3.05, 3.63) is 131 Å². The lowest BCUT2D eigenvalue weighted by atomic mass is 9.49. The summed E-state index contributed by atoms with van der Waals surface area (Å²) in [5, 5.41) is 11.9. The van der Waals surface area contributed by atoms with E-state index in [4.69, 9.17) is 4.74 Å². The van der Waals surface area contributed by atoms with Crippen molar-refractivity contribution in [3.63, 3.8) is 0 Å². The molecule has 9 nitrogen and oxygen atoms in total. The number of nitrogens with zero attached hydrogens (tertiary/aromatic N) is 2. The van der Waals surface area contributed by atoms with Gasteiger partial charge < -0.3 is 9.84 Å². The maximum atomic E-state index is 15.3. The first kappa shape index (κ1) is 31.6. The summed E-state index contributed by atoms with van der Waals surface area (Å²) in [5.41, 5.74) is 6.05. The van der Waals surface area contributed by atoms with E-state index in [-0.39, 0.29) is 29.7 Å². The Labute approximate surface area is 290 Å². The first-order valence-electron chi connectivity index (χ1n) is 17.1. The second-order valence-corrected chi connectivity index (χ2v) is 13.6. The minimum absolute atomic E-state index is 0.0440. The van der Waals surface area contributed by atoms with Crippen LogP contribution in [0.2, 0.25) is 0 Å². The third-order valence-corrected chi connectivity index (χ3v) is 11.0. The lowest BCUT2D eigenvalue weighted by Crippen LogP contribution is -2.53. The highest BCUT2D eigenvalue weighted by molar-refractivity contribution is 6.22. The highest BCUT2D eigenvalue weighted by atomic mass is 16.5. The molecular formula is C41H37N3O6. The summed E-state index contributed by atoms with van der Waals surface area (Å²) in [4.78, 5) is 59.7. The summed E-state index contributed by atoms with van der Waals surface area (Å²) in [6, 6.07) is 30.8. The SMILES string of the molecule is CCOc1cc([C@H]2C3=CC[C@@H]4C(=O)N(c5ccccc5)C(=O)[C@@H]4[C@@H]3C[C@H]3C(=O)N(Nc4ccc(C)cc4)C(=O)[C@@]23c2ccccc2)ccc1O. The zero-order valence-electron chi connectivity index (χ0n) is 27.8. The Morgan fingerprint density at radius 2 is 1.54 bits per heavy atom. The number of ether oxygens (including phenoxy) is 1. The van der Waals surface area contributed by atoms with E-state index in [9.17, 15) is 19.5 Å². The number of para-hydroxylation sites is 1. The molecule has 4 aliphatic rings. The van der Waals surface area contributed by atoms with Gasteiger partial charge in [0.1, 0.15) is 0 Å². The molecule has 2 aliphatic heterocycles. The fraction of sp³-hybridized carbons (Fsp3) is 0.268. The first-order valence-corrected chi connectivity index (χ1v) is 17.1. The van der Waals surface area contributed by atoms with Crippen molar-refractivity contribution < 1.29 is 29.0 Å². The van der Waals surface area contributed by atoms with Gasteiger partial charge in [-0.25, -0.2) is 0 Å². The van der Waals surface area contributed by atoms with E-state index < -0.39 is 46.8 Å². The van der Waals surface area contributed by atoms with Gasteiger partial charge in [0.05, 0.1) is 41.2 Å². The number of fused-ring (bicyclic) bond motifs is 4. The number of rotatable bonds is 7. The molecule has 2 saturated heterocycles. The summed E-state index contributed by atoms with van der Waals surface area (Å²) in [5.74, 6) is -4.51. The maximum absolute atomic E-state index is 15.3. The third-order valence-electron chi connectivity index (χ3n) is 11.0. The molecule has 0 bridgehead atoms. The molecule has 8 rings (SSSR count). The second-order valence-electron chi connectivity index (χ2n) is 13.6. The van der Waals surface area contributed by atoms with Gasteiger partial charge >= 0.3 is 0 Å². The number of benzene rings is 4. The molecule has 2 N–H and O–H groups in total. The molecule has 6 atom stereocenters. The molecule has 0 unspecified atom stereocenters. The number of aryl methyl sites for hydroxylation is 1. The largest absolute Gasteiger partial charge is 0.504 e. The van der Waals surface area contributed by atoms with Crippen LogP contribution in [0, 0.1) is 30.6 Å². The predicted octanol–water partition coefficient (Wildman–Crippen LogP) is 6.29. The number of carbonyl (C=O) groups excluding carboxylic acids is 4. The van der Waals surface area contributed by atoms with Crippen LogP contribution in [0.4, 0.5) is 11.4 Å². The molecule has 0 spiro atoms. The highest BCUT2D eigenvalue weighted by Crippen LogP contribution is 2.64. The van der Waals surface area contributed by atoms with Crippen LogP contribution in [0.25, 0.3) is 0 Å². The number of imide groups is 2. The number of aromatic hydroxyl groups is 1. The van der Waals surface area contributed by atoms with Crippen LogP contribution in [0.15, 0.2) is 115 Å². The highest BCUT2D eigenvalue weighted by Gasteiger charge is 2.70. The topological polar surface area (TPSA) is 116 Å². The fourth-order valence-electron chi connectivity index (χ4n) is 8.94. The summed E-state index contributed by atoms with van der Waals surface area (Å²) in [6.07, 6.45) is 2.55. The minimum Gasteiger partial charge on any atom is -0.504 e. The van der Waals surface area contributed by atoms with Gasteiger partial charge in [-0.2, -0.15) is 5.01 Å². The van der Waals surface area contributed by atoms with Gasteiger partial charge in [0.25, 0.3) is 11.8 Å². The predicted molar refractivity (Wildman–Crippen MR) is 187 cm³/mol. The Kier molecular flexibility index (Phi) is 7.58. The van der Waals surface area contributed by atoms with Gasteiger partial charge in [-0.15, -0.1) is 0 Å². The van der Waals surface area contributed by atoms with Crippen LogP contribution < -0.4 is 15.1 Å². The van der Waals surface area contributed by atoms with Gasteiger partial charge in [0.15, 0.2) is 11.5 Å². The molecule has 4 amide bonds. The molecule has 3 fully saturated rings. The van der Waals surface area contributed by atoms with Gasteiger partial charge in [0, 0.05) is 5.92 Å². The van der Waals surface area contributed by atoms with Gasteiger partial charge in [0.2, 0.25) is 11.8 Å². The molecule has 4 aromatic rings. The number of nitrogens with one attached hydrogen (secondary N) is 1. The third kappa shape index (κ3) is 4.60. The average molecular weight is 668 g/mol. The van der Waals surface area contributed by atoms with E-state index in [1.165, 1.54) is 4.90 Å². The lowest BCUT2D eigenvalue weighted by Gasteiger charge is -2.50. The van der Waals surface area contributed by atoms with E-state index in [0.717, 1.165) is 16.1 Å². The number of anilines is 2. The van der Waals surface area contributed by atoms with Crippen molar-refractivity contribution in [1.82, 2.24) is 5.01 Å². The molecule has 252 valence electrons. The van der Waals surface area contributed by atoms with Crippen molar-refractivity contribution in [3.8, 4) is 11.5 Å². The zero-order valence-corrected chi connectivity index (χ0v) is 27.8. The second kappa shape index (κ2) is 12.0. The number of phenols is 1. The number of hydrazine groups is 1. The number of phenolic OH excluding ortho intramolecular Hbond substituents is 1. The normalized spacial score (nSPS) is 27.1. The number of hydrogen-bond acceptors (Lipinski definition) is 7. The molecule has 0 aromatic heterocycles. The molecule has 2 heterocycles. The van der Waals surface area contributed by atoms with Crippen molar-refractivity contribution in [2.45, 2.75) is 38.0 Å². The molecule has 2 aliphatic carbocycles. The van der Waals surface area contributed by atoms with E-state index >= 15 is 4.79 Å². The molecule has 0 radical (unpaired) electrons. The summed E-state index contributed by atoms with van der Waals surface area (Å²) >= 11 is 0. The summed E-state index contributed by atoms with van der Waals surface area (Å²) < 4.78 is 5.83. The van der Waals surface area contributed by atoms with Crippen molar-refractivity contribution in [2.24, 2.45) is 23.7 Å². The van der Waals surface area contributed by atoms with Gasteiger partial charge in [-0.05, 0) is 80.1 Å². The van der Waals surface area contributed by atoms with Crippen LogP contribution in [-0.2, 0) is 24.6 Å². The Balaban J connectivity index is 1.33. The van der Waals surface area contributed by atoms with Crippen LogP contribution in [0.3, 0.4) is 0 Å². The molecular weight excluding hydrogens is 630 g/mol. The standard InChI is InChI=1S/C41H37N3O6/c1-3-50-34-22-25(16-21-33(34)45)36-29-19-20-30-35(39(48)43(37(30)46)28-12-8-5-9-13-28)31(29)23-32-38(47)44(42-27-17-14-24(2)15-18-27)40(49)41(32,36)26-10-6-4-7-11-26/h4-19,21-22,30-32,35-36,42,45H,3,20,23H2,1-2H3/t30-,31+,32-,35-,36-,41+/m0/s1.